The van der Waals surface area contributed by atoms with Gasteiger partial charge in [0.25, 0.3) is 0 Å². The number of benzene rings is 3. The van der Waals surface area contributed by atoms with Crippen molar-refractivity contribution in [1.82, 2.24) is 68.5 Å². The lowest BCUT2D eigenvalue weighted by Gasteiger charge is -2.30. The molecule has 0 spiro atoms. The number of hydrogen-bond donors (Lipinski definition) is 20. The van der Waals surface area contributed by atoms with Crippen LogP contribution in [0.15, 0.2) is 97.5 Å². The van der Waals surface area contributed by atoms with Crippen molar-refractivity contribution in [3.8, 4) is 5.75 Å². The van der Waals surface area contributed by atoms with Crippen molar-refractivity contribution >= 4 is 76.9 Å². The number of aromatic hydroxyl groups is 1. The lowest BCUT2D eigenvalue weighted by molar-refractivity contribution is -0.142. The van der Waals surface area contributed by atoms with E-state index in [0.717, 1.165) is 0 Å². The first-order valence-corrected chi connectivity index (χ1v) is 33.0. The lowest BCUT2D eigenvalue weighted by Crippen LogP contribution is -2.63. The maximum absolute atomic E-state index is 14.8. The molecular weight excluding hydrogens is 1320 g/mol. The van der Waals surface area contributed by atoms with Gasteiger partial charge >= 0.3 is 5.97 Å². The van der Waals surface area contributed by atoms with E-state index in [0.29, 0.717) is 48.2 Å². The summed E-state index contributed by atoms with van der Waals surface area (Å²) >= 11 is 0. The topological polar surface area (TPSA) is 562 Å². The predicted molar refractivity (Wildman–Crippen MR) is 364 cm³/mol. The first kappa shape index (κ1) is 83.0. The number of aromatic nitrogens is 2. The minimum Gasteiger partial charge on any atom is -0.508 e. The minimum atomic E-state index is -1.96. The second kappa shape index (κ2) is 42.5. The summed E-state index contributed by atoms with van der Waals surface area (Å²) in [6, 6.07) is 3.54. The molecule has 0 saturated carbocycles. The quantitative estimate of drug-likeness (QED) is 0.0185. The number of carboxylic acids is 1. The predicted octanol–water partition coefficient (Wildman–Crippen LogP) is -4.78. The second-order valence-electron chi connectivity index (χ2n) is 24.4. The van der Waals surface area contributed by atoms with Crippen LogP contribution in [-0.2, 0) is 88.0 Å². The average Bonchev–Trinajstić information content (AvgIpc) is 1.18. The Labute approximate surface area is 583 Å². The first-order valence-electron chi connectivity index (χ1n) is 33.0. The van der Waals surface area contributed by atoms with Gasteiger partial charge in [-0.15, -0.1) is 0 Å². The highest BCUT2D eigenvalue weighted by atomic mass is 16.4. The fourth-order valence-corrected chi connectivity index (χ4v) is 10.1. The van der Waals surface area contributed by atoms with E-state index < -0.39 is 187 Å². The maximum atomic E-state index is 14.8. The van der Waals surface area contributed by atoms with Crippen LogP contribution in [0.4, 0.5) is 0 Å². The van der Waals surface area contributed by atoms with E-state index in [1.807, 2.05) is 0 Å². The Kier molecular flexibility index (Phi) is 34.9. The number of H-pyrrole nitrogens is 1. The fraction of sp³-hybridized carbons (Fsp3) is 0.493. The average molecular weight is 1410 g/mol. The highest BCUT2D eigenvalue weighted by Gasteiger charge is 2.39. The van der Waals surface area contributed by atoms with Crippen LogP contribution in [0.2, 0.25) is 0 Å². The molecule has 0 radical (unpaired) electrons. The Balaban J connectivity index is 1.55. The number of carboxylic acid groups (broad SMARTS) is 1. The number of phenolic OH excluding ortho intramolecular Hbond substituents is 1. The number of aliphatic hydroxyl groups excluding tert-OH is 3. The number of nitrogens with zero attached hydrogens (tertiary/aromatic N) is 1. The van der Waals surface area contributed by atoms with Gasteiger partial charge in [0, 0.05) is 37.6 Å². The number of aliphatic hydroxyl groups is 3. The Morgan fingerprint density at radius 3 is 1.20 bits per heavy atom. The van der Waals surface area contributed by atoms with Gasteiger partial charge in [-0.3, -0.25) is 62.3 Å². The summed E-state index contributed by atoms with van der Waals surface area (Å²) in [6.07, 6.45) is 2.89. The summed E-state index contributed by atoms with van der Waals surface area (Å²) in [5.74, 6) is -15.0. The number of carbonyl (C=O) groups excluding carboxylic acids is 12. The zero-order chi connectivity index (χ0) is 74.9. The molecule has 0 bridgehead atoms. The zero-order valence-electron chi connectivity index (χ0n) is 56.9. The lowest BCUT2D eigenvalue weighted by atomic mass is 9.96. The van der Waals surface area contributed by atoms with Gasteiger partial charge in [0.1, 0.15) is 72.2 Å². The number of nitrogens with two attached hydrogens (primary N) is 3. The molecule has 0 aliphatic heterocycles. The standard InChI is InChI=1S/C67H96N16O18/c1-6-36(3)54(66(99)78-48(29-42-31-71-35-72-42)57(90)73-38(5)67(100)101)82-61(94)47(27-40-18-12-9-13-19-40)76-58(91)46(26-39-16-10-8-11-17-39)77-65(98)55(37(4)7-2)83-64(97)52(34-86)81-63(96)51(33-85)80-62(95)50(32-84)79-59(92)45(28-41-21-23-43(87)24-22-41)75-60(93)49(30-53(70)88)74-56(89)44(69)20-14-15-25-68/h8-13,16-19,21-24,31,35-38,44-52,54-55,84-87H,6-7,14-15,20,25-30,32-34,68-69H2,1-5H3,(H2,70,88)(H,71,72)(H,73,90)(H,74,89)(H,75,93)(H,76,91)(H,77,98)(H,78,99)(H,79,92)(H,80,95)(H,81,96)(H,82,94)(H,83,97)(H,100,101)/t36-,37-,38-,44-,45-,46-,47-,48-,49-,50-,51-,52-,54-,55-/m0/s1. The molecule has 0 aliphatic carbocycles. The number of primary amides is 1. The number of amides is 12. The Hall–Kier alpha value is -10.4. The molecule has 0 unspecified atom stereocenters. The Bertz CT molecular complexity index is 3390. The van der Waals surface area contributed by atoms with Gasteiger partial charge in [-0.25, -0.2) is 4.98 Å². The van der Waals surface area contributed by atoms with E-state index in [1.165, 1.54) is 43.7 Å². The van der Waals surface area contributed by atoms with E-state index in [4.69, 9.17) is 17.2 Å². The summed E-state index contributed by atoms with van der Waals surface area (Å²) in [4.78, 5) is 185. The maximum Gasteiger partial charge on any atom is 0.325 e. The normalized spacial score (nSPS) is 15.3. The van der Waals surface area contributed by atoms with Gasteiger partial charge < -0.3 is 106 Å². The fourth-order valence-electron chi connectivity index (χ4n) is 10.1. The van der Waals surface area contributed by atoms with Crippen LogP contribution in [0.3, 0.4) is 0 Å². The summed E-state index contributed by atoms with van der Waals surface area (Å²) in [7, 11) is 0. The third-order valence-electron chi connectivity index (χ3n) is 16.6. The Morgan fingerprint density at radius 2 is 0.812 bits per heavy atom. The molecule has 0 aliphatic rings. The molecule has 0 saturated heterocycles. The third kappa shape index (κ3) is 27.7. The highest BCUT2D eigenvalue weighted by molar-refractivity contribution is 6.00. The molecule has 101 heavy (non-hydrogen) atoms. The van der Waals surface area contributed by atoms with E-state index in [-0.39, 0.29) is 44.3 Å². The van der Waals surface area contributed by atoms with Gasteiger partial charge in [-0.1, -0.05) is 120 Å². The smallest absolute Gasteiger partial charge is 0.325 e. The van der Waals surface area contributed by atoms with Crippen molar-refractivity contribution in [3.63, 3.8) is 0 Å². The molecular formula is C67H96N16O18. The van der Waals surface area contributed by atoms with Crippen molar-refractivity contribution in [3.05, 3.63) is 120 Å². The van der Waals surface area contributed by atoms with Crippen LogP contribution in [0.1, 0.15) is 95.5 Å². The molecule has 4 rings (SSSR count). The Morgan fingerprint density at radius 1 is 0.455 bits per heavy atom. The van der Waals surface area contributed by atoms with Crippen molar-refractivity contribution in [2.75, 3.05) is 26.4 Å². The SMILES string of the molecule is CC[C@H](C)[C@H](NC(=O)[C@H](Cc1ccccc1)NC(=O)[C@H](Cc1ccccc1)NC(=O)[C@@H](NC(=O)[C@H](CO)NC(=O)[C@H](CO)NC(=O)[C@H](CO)NC(=O)[C@H](Cc1ccc(O)cc1)NC(=O)[C@H](CC(N)=O)NC(=O)[C@@H](N)CCCCN)[C@@H](C)CC)C(=O)N[C@@H](Cc1cnc[nH]1)C(=O)N[C@@H](C)C(=O)O. The van der Waals surface area contributed by atoms with E-state index >= 15 is 0 Å². The van der Waals surface area contributed by atoms with E-state index in [2.05, 4.69) is 68.5 Å². The molecule has 12 amide bonds. The van der Waals surface area contributed by atoms with Crippen LogP contribution in [-0.4, -0.2) is 211 Å². The number of phenols is 1. The van der Waals surface area contributed by atoms with Crippen molar-refractivity contribution in [2.24, 2.45) is 29.0 Å². The zero-order valence-corrected chi connectivity index (χ0v) is 56.9. The van der Waals surface area contributed by atoms with Crippen LogP contribution < -0.4 is 75.7 Å². The summed E-state index contributed by atoms with van der Waals surface area (Å²) < 4.78 is 0. The summed E-state index contributed by atoms with van der Waals surface area (Å²) in [5.41, 5.74) is 18.8. The van der Waals surface area contributed by atoms with Gasteiger partial charge in [-0.05, 0) is 67.0 Å². The van der Waals surface area contributed by atoms with Crippen molar-refractivity contribution in [2.45, 2.75) is 171 Å². The minimum absolute atomic E-state index is 0.149. The summed E-state index contributed by atoms with van der Waals surface area (Å²) in [6.45, 7) is 4.79. The number of carbonyl (C=O) groups is 13. The molecule has 4 aromatic rings. The highest BCUT2D eigenvalue weighted by Crippen LogP contribution is 2.16. The molecule has 1 aromatic heterocycles. The molecule has 34 heteroatoms. The van der Waals surface area contributed by atoms with Crippen LogP contribution in [0.5, 0.6) is 5.75 Å². The molecule has 3 aromatic carbocycles. The van der Waals surface area contributed by atoms with Gasteiger partial charge in [0.2, 0.25) is 70.9 Å². The molecule has 552 valence electrons. The van der Waals surface area contributed by atoms with Crippen LogP contribution >= 0.6 is 0 Å². The number of aliphatic carboxylic acids is 1. The number of imidazole rings is 1. The van der Waals surface area contributed by atoms with Crippen molar-refractivity contribution < 1.29 is 87.9 Å². The summed E-state index contributed by atoms with van der Waals surface area (Å²) in [5, 5.41) is 77.7. The molecule has 34 nitrogen and oxygen atoms in total. The molecule has 23 N–H and O–H groups in total. The van der Waals surface area contributed by atoms with E-state index in [9.17, 15) is 87.9 Å². The van der Waals surface area contributed by atoms with Crippen LogP contribution in [0, 0.1) is 11.8 Å². The number of unbranched alkanes of at least 4 members (excludes halogenated alkanes) is 1. The number of rotatable bonds is 44. The van der Waals surface area contributed by atoms with Crippen LogP contribution in [0.25, 0.3) is 0 Å². The van der Waals surface area contributed by atoms with Gasteiger partial charge in [-0.2, -0.15) is 0 Å². The number of hydrogen-bond acceptors (Lipinski definition) is 20. The third-order valence-corrected chi connectivity index (χ3v) is 16.6. The van der Waals surface area contributed by atoms with Crippen molar-refractivity contribution in [1.29, 1.82) is 0 Å². The molecule has 1 heterocycles. The van der Waals surface area contributed by atoms with Gasteiger partial charge in [0.05, 0.1) is 38.6 Å². The monoisotopic (exact) mass is 1410 g/mol. The first-order chi connectivity index (χ1) is 48.1. The van der Waals surface area contributed by atoms with Gasteiger partial charge in [0.15, 0.2) is 0 Å². The number of aromatic amines is 1. The largest absolute Gasteiger partial charge is 0.508 e. The molecule has 14 atom stereocenters. The second-order valence-corrected chi connectivity index (χ2v) is 24.4. The van der Waals surface area contributed by atoms with E-state index in [1.54, 1.807) is 88.4 Å². The molecule has 0 fully saturated rings. The number of nitrogens with one attached hydrogen (secondary N) is 12.